The van der Waals surface area contributed by atoms with Gasteiger partial charge in [0.2, 0.25) is 0 Å². The standard InChI is InChI=1S/C67H98O6/c1-4-7-10-13-16-19-22-25-28-31-33-36-39-42-45-48-51-54-57-60-66(69)72-63-64(62-71-65(68)59-56-53-50-47-44-41-38-35-30-27-24-21-18-15-12-9-6-3)73-67(70)61-58-55-52-49-46-43-40-37-34-32-29-26-23-20-17-14-11-8-5-2/h8-9,11-12,16-21,25-30,33-34,36-38,41-43,45-47,50-52,54-55,64H,4-7,10,13-15,22-24,31-32,35,39-40,44,48-49,53,56-63H2,1-3H3/b11-8-,12-9-,19-16-,20-17-,21-18-,28-25-,29-26-,30-27-,36-33-,37-34-,41-38-,45-42-,46-43-,50-47-,54-51-,55-52-/t64-/m1/s1. The zero-order valence-electron chi connectivity index (χ0n) is 45.8. The predicted octanol–water partition coefficient (Wildman–Crippen LogP) is 19.1. The first-order chi connectivity index (χ1) is 36.0. The quantitative estimate of drug-likeness (QED) is 0.0262. The van der Waals surface area contributed by atoms with Crippen LogP contribution < -0.4 is 0 Å². The lowest BCUT2D eigenvalue weighted by molar-refractivity contribution is -0.166. The molecule has 0 heterocycles. The maximum atomic E-state index is 12.8. The summed E-state index contributed by atoms with van der Waals surface area (Å²) in [5.41, 5.74) is 0. The molecule has 0 amide bonds. The molecule has 73 heavy (non-hydrogen) atoms. The number of carbonyl (C=O) groups excluding carboxylic acids is 3. The van der Waals surface area contributed by atoms with Gasteiger partial charge in [0.15, 0.2) is 6.10 Å². The number of hydrogen-bond acceptors (Lipinski definition) is 6. The number of esters is 3. The summed E-state index contributed by atoms with van der Waals surface area (Å²) in [5, 5.41) is 0. The van der Waals surface area contributed by atoms with Crippen molar-refractivity contribution in [3.05, 3.63) is 194 Å². The van der Waals surface area contributed by atoms with Gasteiger partial charge in [0, 0.05) is 19.3 Å². The highest BCUT2D eigenvalue weighted by atomic mass is 16.6. The number of unbranched alkanes of at least 4 members (excludes halogenated alkanes) is 4. The lowest BCUT2D eigenvalue weighted by Gasteiger charge is -2.18. The van der Waals surface area contributed by atoms with Gasteiger partial charge >= 0.3 is 17.9 Å². The molecule has 1 atom stereocenters. The lowest BCUT2D eigenvalue weighted by Crippen LogP contribution is -2.30. The molecule has 6 heteroatoms. The van der Waals surface area contributed by atoms with E-state index in [4.69, 9.17) is 14.2 Å². The second kappa shape index (κ2) is 58.8. The van der Waals surface area contributed by atoms with E-state index in [2.05, 4.69) is 191 Å². The van der Waals surface area contributed by atoms with Gasteiger partial charge in [-0.2, -0.15) is 0 Å². The number of rotatable bonds is 47. The Morgan fingerprint density at radius 1 is 0.288 bits per heavy atom. The minimum absolute atomic E-state index is 0.165. The minimum atomic E-state index is -0.885. The molecule has 402 valence electrons. The third kappa shape index (κ3) is 57.0. The van der Waals surface area contributed by atoms with Crippen LogP contribution in [0.5, 0.6) is 0 Å². The number of ether oxygens (including phenoxy) is 3. The fourth-order valence-electron chi connectivity index (χ4n) is 6.48. The summed E-state index contributed by atoms with van der Waals surface area (Å²) in [4.78, 5) is 38.1. The number of allylic oxidation sites excluding steroid dienone is 32. The molecule has 0 aliphatic heterocycles. The highest BCUT2D eigenvalue weighted by Crippen LogP contribution is 2.08. The first-order valence-corrected chi connectivity index (χ1v) is 27.9. The molecule has 6 nitrogen and oxygen atoms in total. The first-order valence-electron chi connectivity index (χ1n) is 27.9. The molecule has 0 spiro atoms. The van der Waals surface area contributed by atoms with Crippen molar-refractivity contribution < 1.29 is 28.6 Å². The smallest absolute Gasteiger partial charge is 0.306 e. The Morgan fingerprint density at radius 2 is 0.548 bits per heavy atom. The SMILES string of the molecule is CC/C=C\C/C=C\C/C=C\C/C=C\C/C=C\C/C=C\CCC(=O)O[C@@H](COC(=O)CC/C=C\C/C=C\C/C=C\C/C=C\C/C=C\CCCCC)COC(=O)CCC/C=C\C/C=C\C/C=C\C/C=C\C/C=C\CC. The van der Waals surface area contributed by atoms with E-state index in [0.29, 0.717) is 19.3 Å². The molecule has 0 aliphatic rings. The van der Waals surface area contributed by atoms with Crippen molar-refractivity contribution in [3.8, 4) is 0 Å². The van der Waals surface area contributed by atoms with Gasteiger partial charge in [0.25, 0.3) is 0 Å². The van der Waals surface area contributed by atoms with Crippen LogP contribution in [0.1, 0.15) is 188 Å². The van der Waals surface area contributed by atoms with Gasteiger partial charge in [-0.1, -0.05) is 228 Å². The molecule has 0 saturated heterocycles. The molecule has 0 unspecified atom stereocenters. The van der Waals surface area contributed by atoms with Crippen molar-refractivity contribution >= 4 is 17.9 Å². The van der Waals surface area contributed by atoms with Gasteiger partial charge in [0.1, 0.15) is 13.2 Å². The van der Waals surface area contributed by atoms with E-state index in [1.807, 2.05) is 24.3 Å². The monoisotopic (exact) mass is 999 g/mol. The van der Waals surface area contributed by atoms with Crippen LogP contribution in [0.3, 0.4) is 0 Å². The van der Waals surface area contributed by atoms with Crippen LogP contribution >= 0.6 is 0 Å². The van der Waals surface area contributed by atoms with Crippen molar-refractivity contribution in [1.29, 1.82) is 0 Å². The molecule has 0 aromatic rings. The highest BCUT2D eigenvalue weighted by molar-refractivity contribution is 5.71. The summed E-state index contributed by atoms with van der Waals surface area (Å²) < 4.78 is 16.6. The summed E-state index contributed by atoms with van der Waals surface area (Å²) in [6.45, 7) is 6.17. The summed E-state index contributed by atoms with van der Waals surface area (Å²) in [5.74, 6) is -1.21. The average molecular weight is 1000 g/mol. The van der Waals surface area contributed by atoms with Crippen molar-refractivity contribution in [2.24, 2.45) is 0 Å². The van der Waals surface area contributed by atoms with Crippen LogP contribution in [-0.2, 0) is 28.6 Å². The molecule has 0 aromatic heterocycles. The Bertz CT molecular complexity index is 1810. The second-order valence-electron chi connectivity index (χ2n) is 17.4. The topological polar surface area (TPSA) is 78.9 Å². The van der Waals surface area contributed by atoms with Crippen LogP contribution in [0.2, 0.25) is 0 Å². The third-order valence-electron chi connectivity index (χ3n) is 10.6. The minimum Gasteiger partial charge on any atom is -0.462 e. The first kappa shape index (κ1) is 67.2. The van der Waals surface area contributed by atoms with Crippen molar-refractivity contribution in [2.45, 2.75) is 194 Å². The molecule has 0 N–H and O–H groups in total. The second-order valence-corrected chi connectivity index (χ2v) is 17.4. The predicted molar refractivity (Wildman–Crippen MR) is 315 cm³/mol. The molecule has 0 radical (unpaired) electrons. The fraction of sp³-hybridized carbons (Fsp3) is 0.478. The highest BCUT2D eigenvalue weighted by Gasteiger charge is 2.19. The van der Waals surface area contributed by atoms with E-state index in [0.717, 1.165) is 103 Å². The van der Waals surface area contributed by atoms with E-state index in [9.17, 15) is 14.4 Å². The van der Waals surface area contributed by atoms with Crippen LogP contribution in [0, 0.1) is 0 Å². The Balaban J connectivity index is 4.75. The van der Waals surface area contributed by atoms with Crippen molar-refractivity contribution in [1.82, 2.24) is 0 Å². The maximum Gasteiger partial charge on any atom is 0.306 e. The Hall–Kier alpha value is -5.75. The van der Waals surface area contributed by atoms with E-state index < -0.39 is 18.0 Å². The van der Waals surface area contributed by atoms with Gasteiger partial charge < -0.3 is 14.2 Å². The zero-order chi connectivity index (χ0) is 52.9. The van der Waals surface area contributed by atoms with Crippen LogP contribution in [0.15, 0.2) is 194 Å². The van der Waals surface area contributed by atoms with Crippen LogP contribution in [0.25, 0.3) is 0 Å². The molecule has 0 bridgehead atoms. The van der Waals surface area contributed by atoms with E-state index in [-0.39, 0.29) is 38.4 Å². The molecule has 0 saturated carbocycles. The van der Waals surface area contributed by atoms with Crippen LogP contribution in [-0.4, -0.2) is 37.2 Å². The summed E-state index contributed by atoms with van der Waals surface area (Å²) in [7, 11) is 0. The largest absolute Gasteiger partial charge is 0.462 e. The number of carbonyl (C=O) groups is 3. The van der Waals surface area contributed by atoms with Gasteiger partial charge in [-0.05, 0) is 135 Å². The van der Waals surface area contributed by atoms with E-state index in [1.165, 1.54) is 25.7 Å². The molecule has 0 fully saturated rings. The molecular weight excluding hydrogens is 901 g/mol. The Labute approximate surface area is 446 Å². The summed E-state index contributed by atoms with van der Waals surface area (Å²) >= 11 is 0. The molecule has 0 aromatic carbocycles. The third-order valence-corrected chi connectivity index (χ3v) is 10.6. The summed E-state index contributed by atoms with van der Waals surface area (Å²) in [6, 6.07) is 0. The fourth-order valence-corrected chi connectivity index (χ4v) is 6.48. The van der Waals surface area contributed by atoms with Gasteiger partial charge in [0.05, 0.1) is 0 Å². The Morgan fingerprint density at radius 3 is 0.863 bits per heavy atom. The normalized spacial score (nSPS) is 13.6. The van der Waals surface area contributed by atoms with Gasteiger partial charge in [-0.3, -0.25) is 14.4 Å². The van der Waals surface area contributed by atoms with Crippen LogP contribution in [0.4, 0.5) is 0 Å². The van der Waals surface area contributed by atoms with Crippen molar-refractivity contribution in [3.63, 3.8) is 0 Å². The van der Waals surface area contributed by atoms with E-state index >= 15 is 0 Å². The maximum absolute atomic E-state index is 12.8. The number of hydrogen-bond donors (Lipinski definition) is 0. The molecule has 0 aliphatic carbocycles. The Kier molecular flexibility index (Phi) is 54.2. The summed E-state index contributed by atoms with van der Waals surface area (Å²) in [6.07, 6.45) is 90.2. The average Bonchev–Trinajstić information content (AvgIpc) is 3.39. The lowest BCUT2D eigenvalue weighted by atomic mass is 10.2. The van der Waals surface area contributed by atoms with Gasteiger partial charge in [-0.15, -0.1) is 0 Å². The van der Waals surface area contributed by atoms with E-state index in [1.54, 1.807) is 0 Å². The van der Waals surface area contributed by atoms with Crippen molar-refractivity contribution in [2.75, 3.05) is 13.2 Å². The zero-order valence-corrected chi connectivity index (χ0v) is 45.8. The molecule has 0 rings (SSSR count). The molecular formula is C67H98O6. The van der Waals surface area contributed by atoms with Gasteiger partial charge in [-0.25, -0.2) is 0 Å².